The van der Waals surface area contributed by atoms with E-state index in [-0.39, 0.29) is 12.4 Å². The van der Waals surface area contributed by atoms with E-state index < -0.39 is 6.04 Å². The summed E-state index contributed by atoms with van der Waals surface area (Å²) in [7, 11) is 0. The van der Waals surface area contributed by atoms with Crippen molar-refractivity contribution in [2.45, 2.75) is 6.04 Å². The molecular weight excluding hydrogens is 333 g/mol. The van der Waals surface area contributed by atoms with Crippen molar-refractivity contribution in [2.24, 2.45) is 0 Å². The number of anilines is 1. The zero-order valence-electron chi connectivity index (χ0n) is 9.91. The van der Waals surface area contributed by atoms with Crippen LogP contribution in [0, 0.1) is 5.82 Å². The topological polar surface area (TPSA) is 32.3 Å². The minimum Gasteiger partial charge on any atom is -0.394 e. The van der Waals surface area contributed by atoms with Gasteiger partial charge in [0.1, 0.15) is 5.82 Å². The van der Waals surface area contributed by atoms with Gasteiger partial charge in [0.05, 0.1) is 23.4 Å². The molecule has 0 spiro atoms. The molecule has 0 aliphatic carbocycles. The van der Waals surface area contributed by atoms with Crippen LogP contribution in [0.15, 0.2) is 46.9 Å². The lowest BCUT2D eigenvalue weighted by Crippen LogP contribution is -2.16. The molecule has 1 atom stereocenters. The standard InChI is InChI=1S/C14H12BrClFNO/c15-9-5-6-10(12(17)7-9)14(8-19)18-13-4-2-1-3-11(13)16/h1-7,14,18-19H,8H2. The summed E-state index contributed by atoms with van der Waals surface area (Å²) in [6.07, 6.45) is 0. The van der Waals surface area contributed by atoms with Crippen molar-refractivity contribution in [2.75, 3.05) is 11.9 Å². The molecule has 2 nitrogen and oxygen atoms in total. The number of halogens is 3. The molecule has 2 N–H and O–H groups in total. The molecule has 2 aromatic rings. The molecular formula is C14H12BrClFNO. The lowest BCUT2D eigenvalue weighted by molar-refractivity contribution is 0.274. The zero-order chi connectivity index (χ0) is 13.8. The lowest BCUT2D eigenvalue weighted by Gasteiger charge is -2.19. The molecule has 0 aromatic heterocycles. The molecule has 0 bridgehead atoms. The monoisotopic (exact) mass is 343 g/mol. The van der Waals surface area contributed by atoms with Gasteiger partial charge >= 0.3 is 0 Å². The van der Waals surface area contributed by atoms with E-state index in [1.165, 1.54) is 6.07 Å². The van der Waals surface area contributed by atoms with E-state index in [2.05, 4.69) is 21.2 Å². The third-order valence-corrected chi connectivity index (χ3v) is 3.55. The molecule has 0 saturated heterocycles. The summed E-state index contributed by atoms with van der Waals surface area (Å²) in [5, 5.41) is 13.0. The molecule has 0 aliphatic rings. The summed E-state index contributed by atoms with van der Waals surface area (Å²) in [4.78, 5) is 0. The Labute approximate surface area is 124 Å². The van der Waals surface area contributed by atoms with E-state index in [1.54, 1.807) is 24.3 Å². The molecule has 5 heteroatoms. The second-order valence-corrected chi connectivity index (χ2v) is 5.35. The van der Waals surface area contributed by atoms with Crippen molar-refractivity contribution in [3.05, 3.63) is 63.3 Å². The largest absolute Gasteiger partial charge is 0.394 e. The van der Waals surface area contributed by atoms with Crippen LogP contribution in [0.25, 0.3) is 0 Å². The first-order chi connectivity index (χ1) is 9.11. The number of para-hydroxylation sites is 1. The maximum absolute atomic E-state index is 13.9. The highest BCUT2D eigenvalue weighted by Crippen LogP contribution is 2.28. The van der Waals surface area contributed by atoms with Gasteiger partial charge in [-0.05, 0) is 24.3 Å². The van der Waals surface area contributed by atoms with E-state index in [9.17, 15) is 9.50 Å². The molecule has 0 saturated carbocycles. The zero-order valence-corrected chi connectivity index (χ0v) is 12.2. The Hall–Kier alpha value is -1.10. The molecule has 0 radical (unpaired) electrons. The van der Waals surface area contributed by atoms with E-state index in [1.807, 2.05) is 12.1 Å². The van der Waals surface area contributed by atoms with Crippen molar-refractivity contribution >= 4 is 33.2 Å². The molecule has 1 unspecified atom stereocenters. The van der Waals surface area contributed by atoms with E-state index in [4.69, 9.17) is 11.6 Å². The second kappa shape index (κ2) is 6.37. The smallest absolute Gasteiger partial charge is 0.129 e. The van der Waals surface area contributed by atoms with Crippen LogP contribution in [0.2, 0.25) is 5.02 Å². The quantitative estimate of drug-likeness (QED) is 0.862. The molecule has 2 aromatic carbocycles. The number of aliphatic hydroxyl groups excluding tert-OH is 1. The maximum Gasteiger partial charge on any atom is 0.129 e. The van der Waals surface area contributed by atoms with Crippen molar-refractivity contribution in [1.29, 1.82) is 0 Å². The summed E-state index contributed by atoms with van der Waals surface area (Å²) in [6, 6.07) is 11.3. The van der Waals surface area contributed by atoms with Gasteiger partial charge in [-0.2, -0.15) is 0 Å². The van der Waals surface area contributed by atoms with Gasteiger partial charge in [0.25, 0.3) is 0 Å². The van der Waals surface area contributed by atoms with Crippen molar-refractivity contribution in [1.82, 2.24) is 0 Å². The Morgan fingerprint density at radius 3 is 2.63 bits per heavy atom. The van der Waals surface area contributed by atoms with Crippen molar-refractivity contribution < 1.29 is 9.50 Å². The fourth-order valence-electron chi connectivity index (χ4n) is 1.77. The minimum atomic E-state index is -0.548. The van der Waals surface area contributed by atoms with Crippen molar-refractivity contribution in [3.8, 4) is 0 Å². The van der Waals surface area contributed by atoms with Crippen LogP contribution < -0.4 is 5.32 Å². The predicted molar refractivity (Wildman–Crippen MR) is 79.0 cm³/mol. The van der Waals surface area contributed by atoms with Crippen LogP contribution in [0.1, 0.15) is 11.6 Å². The normalized spacial score (nSPS) is 12.2. The van der Waals surface area contributed by atoms with Gasteiger partial charge in [0.2, 0.25) is 0 Å². The summed E-state index contributed by atoms with van der Waals surface area (Å²) in [5.74, 6) is -0.382. The number of benzene rings is 2. The van der Waals surface area contributed by atoms with Crippen LogP contribution in [0.4, 0.5) is 10.1 Å². The summed E-state index contributed by atoms with van der Waals surface area (Å²) in [6.45, 7) is -0.232. The van der Waals surface area contributed by atoms with Gasteiger partial charge in [-0.1, -0.05) is 45.7 Å². The maximum atomic E-state index is 13.9. The molecule has 0 fully saturated rings. The molecule has 100 valence electrons. The van der Waals surface area contributed by atoms with Gasteiger partial charge in [-0.3, -0.25) is 0 Å². The second-order valence-electron chi connectivity index (χ2n) is 4.03. The van der Waals surface area contributed by atoms with Gasteiger partial charge in [0, 0.05) is 10.0 Å². The summed E-state index contributed by atoms with van der Waals surface area (Å²) < 4.78 is 14.5. The van der Waals surface area contributed by atoms with E-state index in [0.29, 0.717) is 20.7 Å². The number of aliphatic hydroxyl groups is 1. The van der Waals surface area contributed by atoms with Gasteiger partial charge < -0.3 is 10.4 Å². The number of nitrogens with one attached hydrogen (secondary N) is 1. The first-order valence-electron chi connectivity index (χ1n) is 5.68. The van der Waals surface area contributed by atoms with Crippen LogP contribution in [0.5, 0.6) is 0 Å². The van der Waals surface area contributed by atoms with Gasteiger partial charge in [-0.25, -0.2) is 4.39 Å². The minimum absolute atomic E-state index is 0.232. The molecule has 2 rings (SSSR count). The van der Waals surface area contributed by atoms with Gasteiger partial charge in [0.15, 0.2) is 0 Å². The average molecular weight is 345 g/mol. The molecule has 0 aliphatic heterocycles. The third kappa shape index (κ3) is 3.47. The number of hydrogen-bond donors (Lipinski definition) is 2. The summed E-state index contributed by atoms with van der Waals surface area (Å²) in [5.41, 5.74) is 1.05. The SMILES string of the molecule is OCC(Nc1ccccc1Cl)c1ccc(Br)cc1F. The summed E-state index contributed by atoms with van der Waals surface area (Å²) >= 11 is 9.23. The van der Waals surface area contributed by atoms with Crippen molar-refractivity contribution in [3.63, 3.8) is 0 Å². The Bertz CT molecular complexity index is 579. The van der Waals surface area contributed by atoms with Crippen LogP contribution in [-0.4, -0.2) is 11.7 Å². The van der Waals surface area contributed by atoms with E-state index >= 15 is 0 Å². The molecule has 0 amide bonds. The van der Waals surface area contributed by atoms with E-state index in [0.717, 1.165) is 0 Å². The Balaban J connectivity index is 2.28. The highest BCUT2D eigenvalue weighted by molar-refractivity contribution is 9.10. The Morgan fingerprint density at radius 1 is 1.26 bits per heavy atom. The van der Waals surface area contributed by atoms with Gasteiger partial charge in [-0.15, -0.1) is 0 Å². The van der Waals surface area contributed by atoms with Crippen LogP contribution >= 0.6 is 27.5 Å². The molecule has 19 heavy (non-hydrogen) atoms. The van der Waals surface area contributed by atoms with Crippen LogP contribution in [-0.2, 0) is 0 Å². The average Bonchev–Trinajstić information content (AvgIpc) is 2.39. The first-order valence-corrected chi connectivity index (χ1v) is 6.86. The number of hydrogen-bond acceptors (Lipinski definition) is 2. The fourth-order valence-corrected chi connectivity index (χ4v) is 2.30. The highest BCUT2D eigenvalue weighted by Gasteiger charge is 2.16. The van der Waals surface area contributed by atoms with Crippen LogP contribution in [0.3, 0.4) is 0 Å². The first kappa shape index (κ1) is 14.3. The Kier molecular flexibility index (Phi) is 4.80. The lowest BCUT2D eigenvalue weighted by atomic mass is 10.1. The fraction of sp³-hybridized carbons (Fsp3) is 0.143. The predicted octanol–water partition coefficient (Wildman–Crippen LogP) is 4.39. The molecule has 0 heterocycles. The highest BCUT2D eigenvalue weighted by atomic mass is 79.9. The number of rotatable bonds is 4. The third-order valence-electron chi connectivity index (χ3n) is 2.72. The Morgan fingerprint density at radius 2 is 2.00 bits per heavy atom.